The van der Waals surface area contributed by atoms with Crippen LogP contribution in [0.2, 0.25) is 0 Å². The molecule has 0 radical (unpaired) electrons. The lowest BCUT2D eigenvalue weighted by atomic mass is 10.2. The number of rotatable bonds is 2. The second kappa shape index (κ2) is 5.66. The Morgan fingerprint density at radius 3 is 2.71 bits per heavy atom. The maximum Gasteiger partial charge on any atom is 0.264 e. The van der Waals surface area contributed by atoms with Crippen LogP contribution in [-0.4, -0.2) is 26.4 Å². The molecule has 8 heteroatoms. The maximum atomic E-state index is 11.9. The van der Waals surface area contributed by atoms with E-state index < -0.39 is 0 Å². The molecule has 1 aromatic carbocycles. The van der Waals surface area contributed by atoms with Crippen LogP contribution in [0.1, 0.15) is 10.6 Å². The molecular weight excluding hydrogens is 308 g/mol. The van der Waals surface area contributed by atoms with Gasteiger partial charge in [-0.15, -0.1) is 10.2 Å². The van der Waals surface area contributed by atoms with Gasteiger partial charge in [-0.2, -0.15) is 4.99 Å². The Balaban J connectivity index is 1.81. The molecular formula is C13H10N4O2S2. The van der Waals surface area contributed by atoms with E-state index in [4.69, 9.17) is 0 Å². The average molecular weight is 318 g/mol. The summed E-state index contributed by atoms with van der Waals surface area (Å²) in [7, 11) is 0. The van der Waals surface area contributed by atoms with E-state index in [-0.39, 0.29) is 11.7 Å². The van der Waals surface area contributed by atoms with E-state index in [0.717, 1.165) is 10.6 Å². The van der Waals surface area contributed by atoms with Gasteiger partial charge >= 0.3 is 0 Å². The SMILES string of the molecule is Cc1nnc(/N=C2\NC(=O)/C(=C/c3ccc(O)cc3)S2)s1. The Kier molecular flexibility index (Phi) is 3.72. The van der Waals surface area contributed by atoms with Crippen molar-refractivity contribution in [2.45, 2.75) is 6.92 Å². The van der Waals surface area contributed by atoms with Crippen LogP contribution >= 0.6 is 23.1 Å². The number of amidine groups is 1. The molecule has 1 saturated heterocycles. The highest BCUT2D eigenvalue weighted by Crippen LogP contribution is 2.29. The van der Waals surface area contributed by atoms with E-state index in [2.05, 4.69) is 20.5 Å². The zero-order chi connectivity index (χ0) is 14.8. The van der Waals surface area contributed by atoms with Gasteiger partial charge in [-0.1, -0.05) is 23.5 Å². The molecule has 0 unspecified atom stereocenters. The first-order valence-electron chi connectivity index (χ1n) is 5.99. The number of phenolic OH excluding ortho intramolecular Hbond substituents is 1. The van der Waals surface area contributed by atoms with Gasteiger partial charge in [0, 0.05) is 0 Å². The second-order valence-corrected chi connectivity index (χ2v) is 6.37. The van der Waals surface area contributed by atoms with Crippen LogP contribution in [-0.2, 0) is 4.79 Å². The zero-order valence-corrected chi connectivity index (χ0v) is 12.5. The van der Waals surface area contributed by atoms with E-state index in [1.807, 2.05) is 6.92 Å². The van der Waals surface area contributed by atoms with Crippen molar-refractivity contribution in [3.05, 3.63) is 39.7 Å². The number of benzene rings is 1. The molecule has 0 bridgehead atoms. The van der Waals surface area contributed by atoms with Gasteiger partial charge in [0.15, 0.2) is 5.17 Å². The van der Waals surface area contributed by atoms with E-state index in [1.165, 1.54) is 23.1 Å². The minimum atomic E-state index is -0.201. The standard InChI is InChI=1S/C13H10N4O2S2/c1-7-16-17-13(20-7)15-12-14-11(19)10(21-12)6-8-2-4-9(18)5-3-8/h2-6,18H,1H3,(H,14,15,17,19)/b10-6-. The highest BCUT2D eigenvalue weighted by molar-refractivity contribution is 8.18. The first-order valence-corrected chi connectivity index (χ1v) is 7.62. The highest BCUT2D eigenvalue weighted by atomic mass is 32.2. The lowest BCUT2D eigenvalue weighted by Crippen LogP contribution is -2.19. The van der Waals surface area contributed by atoms with Gasteiger partial charge in [-0.25, -0.2) is 0 Å². The van der Waals surface area contributed by atoms with E-state index in [0.29, 0.717) is 15.2 Å². The number of hydrogen-bond acceptors (Lipinski definition) is 7. The first kappa shape index (κ1) is 13.8. The van der Waals surface area contributed by atoms with Crippen LogP contribution in [0, 0.1) is 6.92 Å². The molecule has 1 aromatic heterocycles. The van der Waals surface area contributed by atoms with Gasteiger partial charge in [-0.3, -0.25) is 4.79 Å². The number of carbonyl (C=O) groups excluding carboxylic acids is 1. The molecule has 106 valence electrons. The molecule has 1 aliphatic heterocycles. The first-order chi connectivity index (χ1) is 10.1. The topological polar surface area (TPSA) is 87.5 Å². The summed E-state index contributed by atoms with van der Waals surface area (Å²) in [6, 6.07) is 6.62. The van der Waals surface area contributed by atoms with Crippen LogP contribution in [0.3, 0.4) is 0 Å². The second-order valence-electron chi connectivity index (χ2n) is 4.18. The number of amides is 1. The molecule has 1 amide bonds. The minimum absolute atomic E-state index is 0.189. The monoisotopic (exact) mass is 318 g/mol. The zero-order valence-electron chi connectivity index (χ0n) is 10.9. The van der Waals surface area contributed by atoms with Gasteiger partial charge in [-0.05, 0) is 42.5 Å². The summed E-state index contributed by atoms with van der Waals surface area (Å²) >= 11 is 2.61. The summed E-state index contributed by atoms with van der Waals surface area (Å²) in [6.07, 6.45) is 1.74. The van der Waals surface area contributed by atoms with Crippen molar-refractivity contribution in [1.29, 1.82) is 0 Å². The molecule has 0 atom stereocenters. The molecule has 2 N–H and O–H groups in total. The Hall–Kier alpha value is -2.19. The average Bonchev–Trinajstić information content (AvgIpc) is 2.99. The van der Waals surface area contributed by atoms with Crippen molar-refractivity contribution in [2.75, 3.05) is 0 Å². The summed E-state index contributed by atoms with van der Waals surface area (Å²) in [5.41, 5.74) is 0.832. The van der Waals surface area contributed by atoms with Crippen LogP contribution in [0.4, 0.5) is 5.13 Å². The largest absolute Gasteiger partial charge is 0.508 e. The van der Waals surface area contributed by atoms with Crippen molar-refractivity contribution >= 4 is 45.4 Å². The number of phenols is 1. The van der Waals surface area contributed by atoms with Crippen molar-refractivity contribution in [3.8, 4) is 5.75 Å². The number of aryl methyl sites for hydroxylation is 1. The number of aromatic hydroxyl groups is 1. The van der Waals surface area contributed by atoms with Crippen LogP contribution < -0.4 is 5.32 Å². The normalized spacial score (nSPS) is 18.4. The molecule has 2 aromatic rings. The van der Waals surface area contributed by atoms with E-state index >= 15 is 0 Å². The number of thioether (sulfide) groups is 1. The van der Waals surface area contributed by atoms with Gasteiger partial charge in [0.1, 0.15) is 10.8 Å². The highest BCUT2D eigenvalue weighted by Gasteiger charge is 2.24. The van der Waals surface area contributed by atoms with Gasteiger partial charge in [0.2, 0.25) is 5.13 Å². The Morgan fingerprint density at radius 1 is 1.29 bits per heavy atom. The van der Waals surface area contributed by atoms with Crippen LogP contribution in [0.5, 0.6) is 5.75 Å². The van der Waals surface area contributed by atoms with Crippen LogP contribution in [0.15, 0.2) is 34.2 Å². The molecule has 0 saturated carbocycles. The third-order valence-corrected chi connectivity index (χ3v) is 4.20. The van der Waals surface area contributed by atoms with Gasteiger partial charge in [0.05, 0.1) is 4.91 Å². The molecule has 1 aliphatic rings. The molecule has 0 aliphatic carbocycles. The predicted molar refractivity (Wildman–Crippen MR) is 83.6 cm³/mol. The van der Waals surface area contributed by atoms with E-state index in [9.17, 15) is 9.90 Å². The predicted octanol–water partition coefficient (Wildman–Crippen LogP) is 2.44. The molecule has 0 spiro atoms. The minimum Gasteiger partial charge on any atom is -0.508 e. The summed E-state index contributed by atoms with van der Waals surface area (Å²) in [4.78, 5) is 16.7. The lowest BCUT2D eigenvalue weighted by molar-refractivity contribution is -0.115. The van der Waals surface area contributed by atoms with E-state index in [1.54, 1.807) is 30.3 Å². The van der Waals surface area contributed by atoms with Crippen molar-refractivity contribution in [1.82, 2.24) is 15.5 Å². The fourth-order valence-electron chi connectivity index (χ4n) is 1.62. The lowest BCUT2D eigenvalue weighted by Gasteiger charge is -1.95. The number of nitrogens with one attached hydrogen (secondary N) is 1. The Morgan fingerprint density at radius 2 is 2.05 bits per heavy atom. The van der Waals surface area contributed by atoms with Gasteiger partial charge in [0.25, 0.3) is 5.91 Å². The van der Waals surface area contributed by atoms with Crippen LogP contribution in [0.25, 0.3) is 6.08 Å². The van der Waals surface area contributed by atoms with Crippen molar-refractivity contribution in [3.63, 3.8) is 0 Å². The summed E-state index contributed by atoms with van der Waals surface area (Å²) in [6.45, 7) is 1.85. The molecule has 3 rings (SSSR count). The maximum absolute atomic E-state index is 11.9. The summed E-state index contributed by atoms with van der Waals surface area (Å²) in [5, 5.41) is 21.5. The van der Waals surface area contributed by atoms with Crippen molar-refractivity contribution < 1.29 is 9.90 Å². The molecule has 2 heterocycles. The molecule has 1 fully saturated rings. The molecule has 21 heavy (non-hydrogen) atoms. The fraction of sp³-hybridized carbons (Fsp3) is 0.0769. The summed E-state index contributed by atoms with van der Waals surface area (Å²) in [5.74, 6) is -0.0115. The number of hydrogen-bond donors (Lipinski definition) is 2. The number of carbonyl (C=O) groups is 1. The number of nitrogens with zero attached hydrogens (tertiary/aromatic N) is 3. The van der Waals surface area contributed by atoms with Crippen molar-refractivity contribution in [2.24, 2.45) is 4.99 Å². The molecule has 6 nitrogen and oxygen atoms in total. The quantitative estimate of drug-likeness (QED) is 0.830. The Bertz CT molecular complexity index is 750. The smallest absolute Gasteiger partial charge is 0.264 e. The Labute approximate surface area is 128 Å². The third-order valence-electron chi connectivity index (χ3n) is 2.55. The fourth-order valence-corrected chi connectivity index (χ4v) is 3.07. The number of aromatic nitrogens is 2. The summed E-state index contributed by atoms with van der Waals surface area (Å²) < 4.78 is 0. The third kappa shape index (κ3) is 3.29. The number of aliphatic imine (C=N–C) groups is 1. The van der Waals surface area contributed by atoms with Gasteiger partial charge < -0.3 is 10.4 Å².